The molecule has 0 radical (unpaired) electrons. The van der Waals surface area contributed by atoms with Gasteiger partial charge < -0.3 is 10.1 Å². The standard InChI is InChI=1S/C14H10BrClFNO2/c15-10-7-9(16)5-6-13(10)20-8-14(19)18-12-4-2-1-3-11(12)17/h1-7H,8H2,(H,18,19). The molecule has 0 fully saturated rings. The molecule has 0 bridgehead atoms. The molecule has 0 atom stereocenters. The fraction of sp³-hybridized carbons (Fsp3) is 0.0714. The third-order valence-electron chi connectivity index (χ3n) is 2.40. The number of amides is 1. The highest BCUT2D eigenvalue weighted by atomic mass is 79.9. The SMILES string of the molecule is O=C(COc1ccc(Cl)cc1Br)Nc1ccccc1F. The molecule has 0 heterocycles. The van der Waals surface area contributed by atoms with Crippen molar-refractivity contribution in [2.75, 3.05) is 11.9 Å². The van der Waals surface area contributed by atoms with Gasteiger partial charge in [0.25, 0.3) is 5.91 Å². The van der Waals surface area contributed by atoms with E-state index in [0.717, 1.165) is 0 Å². The van der Waals surface area contributed by atoms with Crippen LogP contribution in [0.4, 0.5) is 10.1 Å². The minimum Gasteiger partial charge on any atom is -0.483 e. The Hall–Kier alpha value is -1.59. The lowest BCUT2D eigenvalue weighted by molar-refractivity contribution is -0.118. The molecule has 2 aromatic carbocycles. The van der Waals surface area contributed by atoms with Gasteiger partial charge in [0, 0.05) is 5.02 Å². The maximum atomic E-state index is 13.3. The van der Waals surface area contributed by atoms with Gasteiger partial charge in [0.05, 0.1) is 10.2 Å². The van der Waals surface area contributed by atoms with Gasteiger partial charge in [0.2, 0.25) is 0 Å². The van der Waals surface area contributed by atoms with Crippen molar-refractivity contribution in [2.45, 2.75) is 0 Å². The lowest BCUT2D eigenvalue weighted by Crippen LogP contribution is -2.20. The van der Waals surface area contributed by atoms with Crippen molar-refractivity contribution in [3.63, 3.8) is 0 Å². The zero-order valence-electron chi connectivity index (χ0n) is 10.2. The summed E-state index contributed by atoms with van der Waals surface area (Å²) >= 11 is 9.07. The van der Waals surface area contributed by atoms with Gasteiger partial charge in [-0.25, -0.2) is 4.39 Å². The Balaban J connectivity index is 1.94. The lowest BCUT2D eigenvalue weighted by Gasteiger charge is -2.09. The van der Waals surface area contributed by atoms with Crippen LogP contribution in [0.25, 0.3) is 0 Å². The van der Waals surface area contributed by atoms with Gasteiger partial charge in [-0.1, -0.05) is 23.7 Å². The molecule has 104 valence electrons. The first-order chi connectivity index (χ1) is 9.56. The van der Waals surface area contributed by atoms with E-state index in [1.165, 1.54) is 12.1 Å². The van der Waals surface area contributed by atoms with E-state index in [2.05, 4.69) is 21.2 Å². The number of halogens is 3. The van der Waals surface area contributed by atoms with Crippen molar-refractivity contribution in [3.8, 4) is 5.75 Å². The number of carbonyl (C=O) groups excluding carboxylic acids is 1. The predicted octanol–water partition coefficient (Wildman–Crippen LogP) is 4.26. The first kappa shape index (κ1) is 14.8. The lowest BCUT2D eigenvalue weighted by atomic mass is 10.3. The monoisotopic (exact) mass is 357 g/mol. The molecule has 1 amide bonds. The maximum absolute atomic E-state index is 13.3. The largest absolute Gasteiger partial charge is 0.483 e. The van der Waals surface area contributed by atoms with E-state index in [1.807, 2.05) is 0 Å². The zero-order chi connectivity index (χ0) is 14.5. The molecule has 3 nitrogen and oxygen atoms in total. The Morgan fingerprint density at radius 1 is 1.30 bits per heavy atom. The molecule has 0 spiro atoms. The molecule has 1 N–H and O–H groups in total. The van der Waals surface area contributed by atoms with E-state index in [4.69, 9.17) is 16.3 Å². The van der Waals surface area contributed by atoms with Crippen LogP contribution in [-0.4, -0.2) is 12.5 Å². The summed E-state index contributed by atoms with van der Waals surface area (Å²) in [4.78, 5) is 11.7. The number of hydrogen-bond acceptors (Lipinski definition) is 2. The van der Waals surface area contributed by atoms with Crippen molar-refractivity contribution in [3.05, 3.63) is 57.8 Å². The number of para-hydroxylation sites is 1. The molecule has 2 rings (SSSR count). The zero-order valence-corrected chi connectivity index (χ0v) is 12.5. The summed E-state index contributed by atoms with van der Waals surface area (Å²) in [6.07, 6.45) is 0. The number of rotatable bonds is 4. The second-order valence-electron chi connectivity index (χ2n) is 3.89. The van der Waals surface area contributed by atoms with Crippen molar-refractivity contribution < 1.29 is 13.9 Å². The van der Waals surface area contributed by atoms with Crippen molar-refractivity contribution in [1.29, 1.82) is 0 Å². The van der Waals surface area contributed by atoms with Crippen LogP contribution < -0.4 is 10.1 Å². The third kappa shape index (κ3) is 3.95. The fourth-order valence-corrected chi connectivity index (χ4v) is 2.28. The molecule has 0 aliphatic rings. The van der Waals surface area contributed by atoms with Crippen LogP contribution in [0.15, 0.2) is 46.9 Å². The summed E-state index contributed by atoms with van der Waals surface area (Å²) in [5.41, 5.74) is 0.122. The normalized spacial score (nSPS) is 10.2. The van der Waals surface area contributed by atoms with Crippen LogP contribution in [0.1, 0.15) is 0 Å². The van der Waals surface area contributed by atoms with Crippen molar-refractivity contribution >= 4 is 39.1 Å². The smallest absolute Gasteiger partial charge is 0.262 e. The number of benzene rings is 2. The molecule has 0 unspecified atom stereocenters. The summed E-state index contributed by atoms with van der Waals surface area (Å²) in [5.74, 6) is -0.455. The van der Waals surface area contributed by atoms with E-state index in [1.54, 1.807) is 30.3 Å². The van der Waals surface area contributed by atoms with Gasteiger partial charge in [-0.05, 0) is 46.3 Å². The van der Waals surface area contributed by atoms with Gasteiger partial charge in [-0.15, -0.1) is 0 Å². The molecule has 2 aromatic rings. The van der Waals surface area contributed by atoms with E-state index < -0.39 is 11.7 Å². The minimum atomic E-state index is -0.492. The van der Waals surface area contributed by atoms with E-state index in [-0.39, 0.29) is 12.3 Å². The Labute approximate surface area is 128 Å². The molecule has 20 heavy (non-hydrogen) atoms. The predicted molar refractivity (Wildman–Crippen MR) is 79.7 cm³/mol. The highest BCUT2D eigenvalue weighted by Gasteiger charge is 2.08. The summed E-state index contributed by atoms with van der Waals surface area (Å²) in [5, 5.41) is 2.99. The average Bonchev–Trinajstić information content (AvgIpc) is 2.40. The molecular formula is C14H10BrClFNO2. The average molecular weight is 359 g/mol. The second kappa shape index (κ2) is 6.72. The first-order valence-corrected chi connectivity index (χ1v) is 6.85. The van der Waals surface area contributed by atoms with Crippen molar-refractivity contribution in [2.24, 2.45) is 0 Å². The van der Waals surface area contributed by atoms with Crippen LogP contribution in [-0.2, 0) is 4.79 Å². The Morgan fingerprint density at radius 3 is 2.75 bits per heavy atom. The summed E-state index contributed by atoms with van der Waals surface area (Å²) < 4.78 is 19.3. The summed E-state index contributed by atoms with van der Waals surface area (Å²) in [7, 11) is 0. The molecule has 6 heteroatoms. The van der Waals surface area contributed by atoms with Crippen LogP contribution in [0, 0.1) is 5.82 Å². The quantitative estimate of drug-likeness (QED) is 0.887. The number of carbonyl (C=O) groups is 1. The molecule has 0 aromatic heterocycles. The highest BCUT2D eigenvalue weighted by molar-refractivity contribution is 9.10. The molecule has 0 saturated carbocycles. The van der Waals surface area contributed by atoms with Crippen molar-refractivity contribution in [1.82, 2.24) is 0 Å². The second-order valence-corrected chi connectivity index (χ2v) is 5.18. The number of nitrogens with one attached hydrogen (secondary N) is 1. The summed E-state index contributed by atoms with van der Waals surface area (Å²) in [6, 6.07) is 10.9. The number of anilines is 1. The number of ether oxygens (including phenoxy) is 1. The highest BCUT2D eigenvalue weighted by Crippen LogP contribution is 2.27. The molecule has 0 aliphatic heterocycles. The molecule has 0 saturated heterocycles. The van der Waals surface area contributed by atoms with Crippen LogP contribution in [0.5, 0.6) is 5.75 Å². The van der Waals surface area contributed by atoms with Crippen LogP contribution >= 0.6 is 27.5 Å². The topological polar surface area (TPSA) is 38.3 Å². The Kier molecular flexibility index (Phi) is 4.98. The van der Waals surface area contributed by atoms with Gasteiger partial charge in [-0.2, -0.15) is 0 Å². The van der Waals surface area contributed by atoms with Gasteiger partial charge >= 0.3 is 0 Å². The number of hydrogen-bond donors (Lipinski definition) is 1. The van der Waals surface area contributed by atoms with Gasteiger partial charge in [0.1, 0.15) is 11.6 Å². The molecular weight excluding hydrogens is 349 g/mol. The van der Waals surface area contributed by atoms with E-state index >= 15 is 0 Å². The Morgan fingerprint density at radius 2 is 2.05 bits per heavy atom. The van der Waals surface area contributed by atoms with Gasteiger partial charge in [-0.3, -0.25) is 4.79 Å². The Bertz CT molecular complexity index is 636. The first-order valence-electron chi connectivity index (χ1n) is 5.68. The molecule has 0 aliphatic carbocycles. The summed E-state index contributed by atoms with van der Waals surface area (Å²) in [6.45, 7) is -0.228. The maximum Gasteiger partial charge on any atom is 0.262 e. The third-order valence-corrected chi connectivity index (χ3v) is 3.26. The van der Waals surface area contributed by atoms with Gasteiger partial charge in [0.15, 0.2) is 6.61 Å². The fourth-order valence-electron chi connectivity index (χ4n) is 1.48. The van der Waals surface area contributed by atoms with Crippen LogP contribution in [0.2, 0.25) is 5.02 Å². The minimum absolute atomic E-state index is 0.122. The van der Waals surface area contributed by atoms with E-state index in [0.29, 0.717) is 15.2 Å². The van der Waals surface area contributed by atoms with E-state index in [9.17, 15) is 9.18 Å². The van der Waals surface area contributed by atoms with Crippen LogP contribution in [0.3, 0.4) is 0 Å².